The smallest absolute Gasteiger partial charge is 0.284 e. The Balaban J connectivity index is 2.29. The number of aromatic amines is 1. The standard InChI is InChI=1S/C11H9BrN4O3/c1-6-5-9(15-14-6)13-11(17)7-3-2-4-8(10(7)12)16(18)19/h2-5H,1H3,(H2,13,14,15,17). The van der Waals surface area contributed by atoms with Crippen LogP contribution in [-0.4, -0.2) is 21.0 Å². The van der Waals surface area contributed by atoms with Crippen molar-refractivity contribution in [2.24, 2.45) is 0 Å². The highest BCUT2D eigenvalue weighted by atomic mass is 79.9. The number of carbonyl (C=O) groups is 1. The topological polar surface area (TPSA) is 101 Å². The molecular weight excluding hydrogens is 316 g/mol. The zero-order chi connectivity index (χ0) is 14.0. The number of aromatic nitrogens is 2. The molecule has 19 heavy (non-hydrogen) atoms. The zero-order valence-corrected chi connectivity index (χ0v) is 11.4. The van der Waals surface area contributed by atoms with E-state index in [9.17, 15) is 14.9 Å². The summed E-state index contributed by atoms with van der Waals surface area (Å²) < 4.78 is 0.143. The Labute approximate surface area is 116 Å². The third-order valence-corrected chi connectivity index (χ3v) is 3.20. The van der Waals surface area contributed by atoms with E-state index in [4.69, 9.17) is 0 Å². The van der Waals surface area contributed by atoms with Crippen LogP contribution in [0.1, 0.15) is 16.1 Å². The zero-order valence-electron chi connectivity index (χ0n) is 9.81. The molecule has 0 fully saturated rings. The van der Waals surface area contributed by atoms with Gasteiger partial charge in [0.25, 0.3) is 11.6 Å². The van der Waals surface area contributed by atoms with Gasteiger partial charge in [0.1, 0.15) is 4.47 Å². The average Bonchev–Trinajstić information content (AvgIpc) is 2.74. The molecule has 0 saturated heterocycles. The monoisotopic (exact) mass is 324 g/mol. The molecule has 8 heteroatoms. The second kappa shape index (κ2) is 5.19. The number of amides is 1. The van der Waals surface area contributed by atoms with Gasteiger partial charge in [0.15, 0.2) is 5.82 Å². The summed E-state index contributed by atoms with van der Waals surface area (Å²) in [6.07, 6.45) is 0. The summed E-state index contributed by atoms with van der Waals surface area (Å²) in [5, 5.41) is 19.9. The number of nitro benzene ring substituents is 1. The molecule has 0 saturated carbocycles. The third-order valence-electron chi connectivity index (χ3n) is 2.37. The van der Waals surface area contributed by atoms with Crippen LogP contribution in [0.3, 0.4) is 0 Å². The van der Waals surface area contributed by atoms with Crippen molar-refractivity contribution in [3.05, 3.63) is 50.1 Å². The second-order valence-electron chi connectivity index (χ2n) is 3.79. The quantitative estimate of drug-likeness (QED) is 0.669. The lowest BCUT2D eigenvalue weighted by atomic mass is 10.2. The Bertz CT molecular complexity index is 653. The highest BCUT2D eigenvalue weighted by molar-refractivity contribution is 9.10. The minimum Gasteiger partial charge on any atom is -0.305 e. The highest BCUT2D eigenvalue weighted by Crippen LogP contribution is 2.28. The molecule has 1 heterocycles. The van der Waals surface area contributed by atoms with Crippen LogP contribution in [0.2, 0.25) is 0 Å². The largest absolute Gasteiger partial charge is 0.305 e. The van der Waals surface area contributed by atoms with Gasteiger partial charge in [-0.15, -0.1) is 0 Å². The number of nitro groups is 1. The van der Waals surface area contributed by atoms with Crippen LogP contribution in [-0.2, 0) is 0 Å². The van der Waals surface area contributed by atoms with Crippen molar-refractivity contribution in [2.45, 2.75) is 6.92 Å². The molecule has 0 unspecified atom stereocenters. The van der Waals surface area contributed by atoms with Gasteiger partial charge in [-0.05, 0) is 28.9 Å². The summed E-state index contributed by atoms with van der Waals surface area (Å²) in [5.74, 6) is -0.108. The Hall–Kier alpha value is -2.22. The number of rotatable bonds is 3. The van der Waals surface area contributed by atoms with Crippen molar-refractivity contribution in [1.29, 1.82) is 0 Å². The number of benzene rings is 1. The van der Waals surface area contributed by atoms with E-state index >= 15 is 0 Å². The second-order valence-corrected chi connectivity index (χ2v) is 4.58. The predicted molar refractivity (Wildman–Crippen MR) is 72.1 cm³/mol. The summed E-state index contributed by atoms with van der Waals surface area (Å²) in [6.45, 7) is 1.80. The van der Waals surface area contributed by atoms with Gasteiger partial charge in [0, 0.05) is 17.8 Å². The molecule has 0 atom stereocenters. The van der Waals surface area contributed by atoms with E-state index in [-0.39, 0.29) is 15.7 Å². The van der Waals surface area contributed by atoms with Gasteiger partial charge in [-0.1, -0.05) is 6.07 Å². The Morgan fingerprint density at radius 2 is 2.26 bits per heavy atom. The fourth-order valence-electron chi connectivity index (χ4n) is 1.50. The van der Waals surface area contributed by atoms with Crippen molar-refractivity contribution in [2.75, 3.05) is 5.32 Å². The summed E-state index contributed by atoms with van der Waals surface area (Å²) in [5.41, 5.74) is 0.814. The maximum Gasteiger partial charge on any atom is 0.284 e. The maximum atomic E-state index is 12.0. The number of nitrogens with one attached hydrogen (secondary N) is 2. The molecule has 2 rings (SSSR count). The van der Waals surface area contributed by atoms with E-state index in [2.05, 4.69) is 31.4 Å². The summed E-state index contributed by atoms with van der Waals surface area (Å²) in [6, 6.07) is 5.92. The number of H-pyrrole nitrogens is 1. The van der Waals surface area contributed by atoms with Gasteiger partial charge in [0.05, 0.1) is 10.5 Å². The van der Waals surface area contributed by atoms with Crippen LogP contribution in [0.15, 0.2) is 28.7 Å². The van der Waals surface area contributed by atoms with Gasteiger partial charge in [0.2, 0.25) is 0 Å². The van der Waals surface area contributed by atoms with E-state index in [0.29, 0.717) is 5.82 Å². The summed E-state index contributed by atoms with van der Waals surface area (Å²) in [7, 11) is 0. The number of hydrogen-bond acceptors (Lipinski definition) is 4. The number of aryl methyl sites for hydroxylation is 1. The number of halogens is 1. The van der Waals surface area contributed by atoms with Gasteiger partial charge in [-0.3, -0.25) is 20.0 Å². The number of carbonyl (C=O) groups excluding carboxylic acids is 1. The molecule has 0 bridgehead atoms. The molecule has 0 aliphatic carbocycles. The van der Waals surface area contributed by atoms with E-state index in [1.807, 2.05) is 0 Å². The van der Waals surface area contributed by atoms with Crippen molar-refractivity contribution in [3.8, 4) is 0 Å². The molecule has 0 spiro atoms. The van der Waals surface area contributed by atoms with Gasteiger partial charge < -0.3 is 5.32 Å². The van der Waals surface area contributed by atoms with E-state index < -0.39 is 10.8 Å². The first-order chi connectivity index (χ1) is 8.99. The molecule has 0 aliphatic heterocycles. The fraction of sp³-hybridized carbons (Fsp3) is 0.0909. The Morgan fingerprint density at radius 3 is 2.84 bits per heavy atom. The van der Waals surface area contributed by atoms with Crippen LogP contribution in [0.4, 0.5) is 11.5 Å². The van der Waals surface area contributed by atoms with Crippen molar-refractivity contribution in [1.82, 2.24) is 10.2 Å². The molecule has 1 aromatic heterocycles. The maximum absolute atomic E-state index is 12.0. The third kappa shape index (κ3) is 2.79. The van der Waals surface area contributed by atoms with Crippen LogP contribution in [0.25, 0.3) is 0 Å². The Kier molecular flexibility index (Phi) is 3.61. The highest BCUT2D eigenvalue weighted by Gasteiger charge is 2.19. The normalized spacial score (nSPS) is 10.2. The molecule has 0 aliphatic rings. The first kappa shape index (κ1) is 13.2. The Morgan fingerprint density at radius 1 is 1.53 bits per heavy atom. The SMILES string of the molecule is Cc1cc(NC(=O)c2cccc([N+](=O)[O-])c2Br)n[nH]1. The van der Waals surface area contributed by atoms with Crippen LogP contribution >= 0.6 is 15.9 Å². The predicted octanol–water partition coefficient (Wildman–Crippen LogP) is 2.64. The van der Waals surface area contributed by atoms with Crippen LogP contribution < -0.4 is 5.32 Å². The molecule has 2 aromatic rings. The molecule has 0 radical (unpaired) electrons. The molecular formula is C11H9BrN4O3. The first-order valence-electron chi connectivity index (χ1n) is 5.25. The lowest BCUT2D eigenvalue weighted by molar-refractivity contribution is -0.385. The summed E-state index contributed by atoms with van der Waals surface area (Å²) >= 11 is 3.07. The minimum absolute atomic E-state index is 0.143. The molecule has 2 N–H and O–H groups in total. The van der Waals surface area contributed by atoms with Crippen molar-refractivity contribution in [3.63, 3.8) is 0 Å². The molecule has 7 nitrogen and oxygen atoms in total. The lowest BCUT2D eigenvalue weighted by Gasteiger charge is -2.04. The molecule has 98 valence electrons. The number of anilines is 1. The van der Waals surface area contributed by atoms with E-state index in [1.54, 1.807) is 13.0 Å². The van der Waals surface area contributed by atoms with E-state index in [1.165, 1.54) is 18.2 Å². The summed E-state index contributed by atoms with van der Waals surface area (Å²) in [4.78, 5) is 22.2. The van der Waals surface area contributed by atoms with Crippen LogP contribution in [0, 0.1) is 17.0 Å². The van der Waals surface area contributed by atoms with Gasteiger partial charge >= 0.3 is 0 Å². The average molecular weight is 325 g/mol. The van der Waals surface area contributed by atoms with Gasteiger partial charge in [-0.25, -0.2) is 0 Å². The molecule has 1 amide bonds. The first-order valence-corrected chi connectivity index (χ1v) is 6.04. The minimum atomic E-state index is -0.556. The van der Waals surface area contributed by atoms with E-state index in [0.717, 1.165) is 5.69 Å². The van der Waals surface area contributed by atoms with Crippen molar-refractivity contribution < 1.29 is 9.72 Å². The number of nitrogens with zero attached hydrogens (tertiary/aromatic N) is 2. The lowest BCUT2D eigenvalue weighted by Crippen LogP contribution is -2.13. The van der Waals surface area contributed by atoms with Crippen molar-refractivity contribution >= 4 is 33.3 Å². The fourth-order valence-corrected chi connectivity index (χ4v) is 2.09. The molecule has 1 aromatic carbocycles. The number of hydrogen-bond donors (Lipinski definition) is 2. The van der Waals surface area contributed by atoms with Crippen LogP contribution in [0.5, 0.6) is 0 Å². The van der Waals surface area contributed by atoms with Gasteiger partial charge in [-0.2, -0.15) is 5.10 Å².